The summed E-state index contributed by atoms with van der Waals surface area (Å²) in [5.41, 5.74) is 11.4. The van der Waals surface area contributed by atoms with E-state index in [9.17, 15) is 9.59 Å². The molecule has 7 nitrogen and oxygen atoms in total. The average Bonchev–Trinajstić information content (AvgIpc) is 3.20. The summed E-state index contributed by atoms with van der Waals surface area (Å²) in [7, 11) is 0. The molecule has 1 unspecified atom stereocenters. The molecule has 7 heteroatoms. The summed E-state index contributed by atoms with van der Waals surface area (Å²) < 4.78 is 6.10. The Labute approximate surface area is 179 Å². The molecule has 0 saturated carbocycles. The maximum absolute atomic E-state index is 12.7. The van der Waals surface area contributed by atoms with Gasteiger partial charge in [-0.3, -0.25) is 9.59 Å². The van der Waals surface area contributed by atoms with Gasteiger partial charge in [0.1, 0.15) is 12.4 Å². The lowest BCUT2D eigenvalue weighted by atomic mass is 10.0. The summed E-state index contributed by atoms with van der Waals surface area (Å²) >= 11 is 0. The van der Waals surface area contributed by atoms with Gasteiger partial charge in [-0.15, -0.1) is 0 Å². The Bertz CT molecular complexity index is 1140. The first kappa shape index (κ1) is 20.2. The van der Waals surface area contributed by atoms with Gasteiger partial charge in [0.15, 0.2) is 0 Å². The minimum atomic E-state index is -0.680. The lowest BCUT2D eigenvalue weighted by molar-refractivity contribution is -0.117. The number of amides is 2. The van der Waals surface area contributed by atoms with E-state index in [0.717, 1.165) is 16.8 Å². The fourth-order valence-electron chi connectivity index (χ4n) is 3.79. The van der Waals surface area contributed by atoms with Crippen molar-refractivity contribution in [1.29, 1.82) is 0 Å². The number of carbonyl (C=O) groups excluding carboxylic acids is 2. The van der Waals surface area contributed by atoms with Gasteiger partial charge >= 0.3 is 0 Å². The summed E-state index contributed by atoms with van der Waals surface area (Å²) in [6.07, 6.45) is 1.07. The molecule has 0 aromatic heterocycles. The van der Waals surface area contributed by atoms with Crippen LogP contribution in [0.5, 0.6) is 5.75 Å². The van der Waals surface area contributed by atoms with Crippen LogP contribution in [0.2, 0.25) is 0 Å². The van der Waals surface area contributed by atoms with Gasteiger partial charge in [0.2, 0.25) is 11.8 Å². The van der Waals surface area contributed by atoms with E-state index in [1.165, 1.54) is 0 Å². The average molecular weight is 412 g/mol. The van der Waals surface area contributed by atoms with E-state index in [1.807, 2.05) is 60.7 Å². The fourth-order valence-corrected chi connectivity index (χ4v) is 3.79. The number of rotatable bonds is 6. The zero-order chi connectivity index (χ0) is 21.6. The Kier molecular flexibility index (Phi) is 5.96. The number of para-hydroxylation sites is 1. The number of hydrogen-bond donors (Lipinski definition) is 0. The number of anilines is 1. The molecule has 2 amide bonds. The summed E-state index contributed by atoms with van der Waals surface area (Å²) in [6.45, 7) is 0.305. The molecule has 4 rings (SSSR count). The molecule has 0 radical (unpaired) electrons. The lowest BCUT2D eigenvalue weighted by Crippen LogP contribution is -2.27. The van der Waals surface area contributed by atoms with Crippen LogP contribution in [0.25, 0.3) is 10.4 Å². The Balaban J connectivity index is 1.72. The third-order valence-corrected chi connectivity index (χ3v) is 5.24. The Morgan fingerprint density at radius 3 is 2.48 bits per heavy atom. The molecular formula is C24H20N4O3. The van der Waals surface area contributed by atoms with Crippen molar-refractivity contribution in [3.63, 3.8) is 0 Å². The first-order valence-electron chi connectivity index (χ1n) is 9.94. The van der Waals surface area contributed by atoms with Crippen LogP contribution in [0.15, 0.2) is 84.0 Å². The Hall–Kier alpha value is -4.09. The highest BCUT2D eigenvalue weighted by Crippen LogP contribution is 2.41. The normalized spacial score (nSPS) is 15.4. The van der Waals surface area contributed by atoms with Gasteiger partial charge < -0.3 is 9.64 Å². The molecule has 0 spiro atoms. The van der Waals surface area contributed by atoms with Gasteiger partial charge in [-0.1, -0.05) is 60.7 Å². The van der Waals surface area contributed by atoms with Gasteiger partial charge in [-0.05, 0) is 40.8 Å². The third kappa shape index (κ3) is 4.42. The molecule has 1 saturated heterocycles. The predicted molar refractivity (Wildman–Crippen MR) is 117 cm³/mol. The molecule has 0 bridgehead atoms. The highest BCUT2D eigenvalue weighted by molar-refractivity contribution is 5.97. The van der Waals surface area contributed by atoms with Gasteiger partial charge in [0, 0.05) is 28.1 Å². The van der Waals surface area contributed by atoms with Crippen LogP contribution < -0.4 is 9.64 Å². The molecule has 0 aliphatic carbocycles. The van der Waals surface area contributed by atoms with Crippen LogP contribution in [0.1, 0.15) is 40.4 Å². The maximum atomic E-state index is 12.7. The highest BCUT2D eigenvalue weighted by Gasteiger charge is 2.35. The largest absolute Gasteiger partial charge is 0.489 e. The van der Waals surface area contributed by atoms with Crippen molar-refractivity contribution in [3.05, 3.63) is 106 Å². The number of hydrogen-bond acceptors (Lipinski definition) is 3. The molecule has 1 aliphatic rings. The van der Waals surface area contributed by atoms with Crippen LogP contribution in [0.4, 0.5) is 5.69 Å². The van der Waals surface area contributed by atoms with E-state index in [1.54, 1.807) is 23.1 Å². The molecule has 0 N–H and O–H groups in total. The second kappa shape index (κ2) is 9.15. The van der Waals surface area contributed by atoms with Crippen molar-refractivity contribution in [2.75, 3.05) is 4.90 Å². The lowest BCUT2D eigenvalue weighted by Gasteiger charge is -2.27. The summed E-state index contributed by atoms with van der Waals surface area (Å²) in [5.74, 6) is -0.149. The molecular weight excluding hydrogens is 392 g/mol. The number of ether oxygens (including phenoxy) is 1. The smallest absolute Gasteiger partial charge is 0.249 e. The Morgan fingerprint density at radius 1 is 1.06 bits per heavy atom. The van der Waals surface area contributed by atoms with Crippen molar-refractivity contribution >= 4 is 17.5 Å². The predicted octanol–water partition coefficient (Wildman–Crippen LogP) is 5.58. The molecule has 1 fully saturated rings. The molecule has 3 aromatic rings. The van der Waals surface area contributed by atoms with E-state index in [2.05, 4.69) is 10.0 Å². The Morgan fingerprint density at radius 2 is 1.77 bits per heavy atom. The number of benzene rings is 3. The monoisotopic (exact) mass is 412 g/mol. The van der Waals surface area contributed by atoms with E-state index in [4.69, 9.17) is 10.3 Å². The highest BCUT2D eigenvalue weighted by atomic mass is 16.5. The molecule has 154 valence electrons. The number of nitrogens with zero attached hydrogens (tertiary/aromatic N) is 4. The van der Waals surface area contributed by atoms with Crippen molar-refractivity contribution in [3.8, 4) is 5.75 Å². The summed E-state index contributed by atoms with van der Waals surface area (Å²) in [5, 5.41) is 3.18. The number of azide groups is 1. The van der Waals surface area contributed by atoms with E-state index in [0.29, 0.717) is 25.2 Å². The second-order valence-electron chi connectivity index (χ2n) is 7.18. The van der Waals surface area contributed by atoms with Crippen molar-refractivity contribution in [2.45, 2.75) is 25.5 Å². The van der Waals surface area contributed by atoms with Crippen molar-refractivity contribution in [2.24, 2.45) is 5.11 Å². The van der Waals surface area contributed by atoms with Crippen LogP contribution >= 0.6 is 0 Å². The molecule has 31 heavy (non-hydrogen) atoms. The molecule has 1 heterocycles. The van der Waals surface area contributed by atoms with Crippen LogP contribution in [-0.4, -0.2) is 11.8 Å². The van der Waals surface area contributed by atoms with Gasteiger partial charge in [0.05, 0.1) is 6.04 Å². The molecule has 1 atom stereocenters. The minimum Gasteiger partial charge on any atom is -0.489 e. The third-order valence-electron chi connectivity index (χ3n) is 5.24. The van der Waals surface area contributed by atoms with E-state index >= 15 is 0 Å². The second-order valence-corrected chi connectivity index (χ2v) is 7.18. The topological polar surface area (TPSA) is 95.4 Å². The van der Waals surface area contributed by atoms with E-state index in [-0.39, 0.29) is 17.5 Å². The standard InChI is InChI=1S/C24H20N4O3/c25-27-26-24(30)18-11-12-20(22(15-18)31-16-17-7-3-1-4-8-17)21-13-14-23(29)28(21)19-9-5-2-6-10-19/h1-12,15,21H,13-14,16H2. The van der Waals surface area contributed by atoms with Gasteiger partial charge in [-0.2, -0.15) is 0 Å². The van der Waals surface area contributed by atoms with Crippen LogP contribution in [-0.2, 0) is 11.4 Å². The minimum absolute atomic E-state index is 0.0412. The van der Waals surface area contributed by atoms with Gasteiger partial charge in [-0.25, -0.2) is 0 Å². The number of carbonyl (C=O) groups is 2. The fraction of sp³-hybridized carbons (Fsp3) is 0.167. The summed E-state index contributed by atoms with van der Waals surface area (Å²) in [6, 6.07) is 23.9. The first-order chi connectivity index (χ1) is 15.2. The zero-order valence-electron chi connectivity index (χ0n) is 16.7. The van der Waals surface area contributed by atoms with Crippen molar-refractivity contribution < 1.29 is 14.3 Å². The zero-order valence-corrected chi connectivity index (χ0v) is 16.7. The quantitative estimate of drug-likeness (QED) is 0.300. The van der Waals surface area contributed by atoms with E-state index < -0.39 is 5.91 Å². The van der Waals surface area contributed by atoms with Crippen LogP contribution in [0.3, 0.4) is 0 Å². The van der Waals surface area contributed by atoms with Gasteiger partial charge in [0.25, 0.3) is 0 Å². The van der Waals surface area contributed by atoms with Crippen LogP contribution in [0, 0.1) is 0 Å². The molecule has 1 aliphatic heterocycles. The first-order valence-corrected chi connectivity index (χ1v) is 9.94. The maximum Gasteiger partial charge on any atom is 0.249 e. The SMILES string of the molecule is [N-]=[N+]=NC(=O)c1ccc(C2CCC(=O)N2c2ccccc2)c(OCc2ccccc2)c1. The summed E-state index contributed by atoms with van der Waals surface area (Å²) in [4.78, 5) is 29.1. The molecule has 3 aromatic carbocycles. The van der Waals surface area contributed by atoms with Crippen molar-refractivity contribution in [1.82, 2.24) is 0 Å².